The van der Waals surface area contributed by atoms with E-state index < -0.39 is 22.0 Å². The highest BCUT2D eigenvalue weighted by molar-refractivity contribution is 7.89. The van der Waals surface area contributed by atoms with Gasteiger partial charge < -0.3 is 19.5 Å². The lowest BCUT2D eigenvalue weighted by atomic mass is 9.90. The summed E-state index contributed by atoms with van der Waals surface area (Å²) in [6, 6.07) is 22.7. The molecule has 3 aromatic carbocycles. The van der Waals surface area contributed by atoms with E-state index in [9.17, 15) is 18.3 Å². The lowest BCUT2D eigenvalue weighted by Gasteiger charge is -2.34. The minimum absolute atomic E-state index is 0.0361. The number of ether oxygens (including phenoxy) is 2. The number of benzene rings is 3. The second-order valence-corrected chi connectivity index (χ2v) is 11.1. The first-order chi connectivity index (χ1) is 18.4. The summed E-state index contributed by atoms with van der Waals surface area (Å²) in [5.74, 6) is -0.713. The fraction of sp³-hybridized carbons (Fsp3) is 0.345. The van der Waals surface area contributed by atoms with Gasteiger partial charge in [0, 0.05) is 6.54 Å². The Kier molecular flexibility index (Phi) is 9.52. The largest absolute Gasteiger partial charge is 0.497 e. The van der Waals surface area contributed by atoms with Crippen LogP contribution in [0.5, 0.6) is 5.75 Å². The molecule has 1 saturated heterocycles. The molecular weight excluding hydrogens is 504 g/mol. The number of rotatable bonds is 12. The van der Waals surface area contributed by atoms with Gasteiger partial charge in [-0.2, -0.15) is 4.72 Å². The Bertz CT molecular complexity index is 1270. The first-order valence-corrected chi connectivity index (χ1v) is 14.2. The van der Waals surface area contributed by atoms with Crippen molar-refractivity contribution in [2.45, 2.75) is 30.4 Å². The molecule has 1 fully saturated rings. The number of nitrogens with zero attached hydrogens (tertiary/aromatic N) is 1. The Labute approximate surface area is 224 Å². The molecule has 1 heterocycles. The first kappa shape index (κ1) is 27.8. The van der Waals surface area contributed by atoms with Crippen LogP contribution < -0.4 is 9.46 Å². The standard InChI is InChI=1S/C29H34N2O6S/c1-36-26-11-7-23(8-12-26)24-9-13-27(14-10-24)38(34,35)30-28(29(32)33)25-15-17-31(18-16-25)19-20-37-21-22-5-3-2-4-6-22/h2-14,25,28,30H,15-21H2,1H3,(H,32,33). The minimum atomic E-state index is -4.01. The van der Waals surface area contributed by atoms with Crippen LogP contribution in [0.1, 0.15) is 18.4 Å². The third-order valence-corrected chi connectivity index (χ3v) is 8.36. The molecule has 4 rings (SSSR count). The molecule has 0 radical (unpaired) electrons. The molecule has 8 nitrogen and oxygen atoms in total. The normalized spacial score (nSPS) is 15.7. The first-order valence-electron chi connectivity index (χ1n) is 12.7. The van der Waals surface area contributed by atoms with Crippen LogP contribution in [0.15, 0.2) is 83.8 Å². The maximum Gasteiger partial charge on any atom is 0.322 e. The SMILES string of the molecule is COc1ccc(-c2ccc(S(=O)(=O)NC(C(=O)O)C3CCN(CCOCc4ccccc4)CC3)cc2)cc1. The average Bonchev–Trinajstić information content (AvgIpc) is 2.95. The van der Waals surface area contributed by atoms with Crippen molar-refractivity contribution in [1.82, 2.24) is 9.62 Å². The molecule has 3 aromatic rings. The lowest BCUT2D eigenvalue weighted by Crippen LogP contribution is -2.49. The van der Waals surface area contributed by atoms with Crippen molar-refractivity contribution in [3.8, 4) is 16.9 Å². The second kappa shape index (κ2) is 13.0. The molecule has 1 atom stereocenters. The van der Waals surface area contributed by atoms with Crippen molar-refractivity contribution in [3.05, 3.63) is 84.4 Å². The number of aliphatic carboxylic acids is 1. The molecule has 0 bridgehead atoms. The molecule has 38 heavy (non-hydrogen) atoms. The number of carboxylic acid groups (broad SMARTS) is 1. The molecular formula is C29H34N2O6S. The summed E-state index contributed by atoms with van der Waals surface area (Å²) in [6.45, 7) is 3.29. The summed E-state index contributed by atoms with van der Waals surface area (Å²) < 4.78 is 39.5. The van der Waals surface area contributed by atoms with E-state index in [-0.39, 0.29) is 10.8 Å². The Morgan fingerprint density at radius 3 is 2.16 bits per heavy atom. The van der Waals surface area contributed by atoms with Gasteiger partial charge in [0.05, 0.1) is 25.2 Å². The molecule has 1 aliphatic heterocycles. The Morgan fingerprint density at radius 1 is 0.974 bits per heavy atom. The highest BCUT2D eigenvalue weighted by Gasteiger charge is 2.34. The van der Waals surface area contributed by atoms with Gasteiger partial charge in [-0.05, 0) is 72.8 Å². The van der Waals surface area contributed by atoms with Gasteiger partial charge >= 0.3 is 5.97 Å². The van der Waals surface area contributed by atoms with E-state index in [1.165, 1.54) is 12.1 Å². The van der Waals surface area contributed by atoms with Crippen LogP contribution in [-0.2, 0) is 26.2 Å². The van der Waals surface area contributed by atoms with Crippen molar-refractivity contribution in [2.24, 2.45) is 5.92 Å². The Hall–Kier alpha value is -3.24. The van der Waals surface area contributed by atoms with Gasteiger partial charge in [-0.15, -0.1) is 0 Å². The van der Waals surface area contributed by atoms with E-state index in [0.29, 0.717) is 39.1 Å². The highest BCUT2D eigenvalue weighted by atomic mass is 32.2. The molecule has 0 aliphatic carbocycles. The van der Waals surface area contributed by atoms with E-state index in [1.807, 2.05) is 54.6 Å². The number of carboxylic acids is 1. The van der Waals surface area contributed by atoms with Crippen molar-refractivity contribution in [1.29, 1.82) is 0 Å². The Balaban J connectivity index is 1.29. The smallest absolute Gasteiger partial charge is 0.322 e. The van der Waals surface area contributed by atoms with E-state index in [1.54, 1.807) is 19.2 Å². The zero-order valence-corrected chi connectivity index (χ0v) is 22.3. The van der Waals surface area contributed by atoms with Crippen LogP contribution in [0.4, 0.5) is 0 Å². The molecule has 0 amide bonds. The van der Waals surface area contributed by atoms with Gasteiger partial charge in [-0.1, -0.05) is 54.6 Å². The molecule has 1 unspecified atom stereocenters. The summed E-state index contributed by atoms with van der Waals surface area (Å²) in [5, 5.41) is 9.85. The van der Waals surface area contributed by atoms with E-state index in [4.69, 9.17) is 9.47 Å². The van der Waals surface area contributed by atoms with Gasteiger partial charge in [0.2, 0.25) is 10.0 Å². The summed E-state index contributed by atoms with van der Waals surface area (Å²) in [4.78, 5) is 14.3. The number of carbonyl (C=O) groups is 1. The number of methoxy groups -OCH3 is 1. The zero-order chi connectivity index (χ0) is 27.0. The number of hydrogen-bond acceptors (Lipinski definition) is 6. The summed E-state index contributed by atoms with van der Waals surface area (Å²) in [5.41, 5.74) is 2.89. The predicted molar refractivity (Wildman–Crippen MR) is 145 cm³/mol. The van der Waals surface area contributed by atoms with Crippen molar-refractivity contribution in [3.63, 3.8) is 0 Å². The van der Waals surface area contributed by atoms with Crippen LogP contribution in [0, 0.1) is 5.92 Å². The molecule has 0 saturated carbocycles. The molecule has 0 spiro atoms. The molecule has 0 aromatic heterocycles. The fourth-order valence-electron chi connectivity index (χ4n) is 4.66. The summed E-state index contributed by atoms with van der Waals surface area (Å²) in [7, 11) is -2.41. The van der Waals surface area contributed by atoms with Crippen LogP contribution in [0.3, 0.4) is 0 Å². The monoisotopic (exact) mass is 538 g/mol. The zero-order valence-electron chi connectivity index (χ0n) is 21.5. The average molecular weight is 539 g/mol. The third kappa shape index (κ3) is 7.41. The van der Waals surface area contributed by atoms with Gasteiger partial charge in [0.1, 0.15) is 11.8 Å². The maximum atomic E-state index is 13.1. The number of piperidine rings is 1. The van der Waals surface area contributed by atoms with Crippen LogP contribution in [0.25, 0.3) is 11.1 Å². The number of hydrogen-bond donors (Lipinski definition) is 2. The number of nitrogens with one attached hydrogen (secondary N) is 1. The summed E-state index contributed by atoms with van der Waals surface area (Å²) >= 11 is 0. The van der Waals surface area contributed by atoms with Crippen LogP contribution >= 0.6 is 0 Å². The highest BCUT2D eigenvalue weighted by Crippen LogP contribution is 2.26. The fourth-order valence-corrected chi connectivity index (χ4v) is 5.92. The number of sulfonamides is 1. The van der Waals surface area contributed by atoms with Crippen molar-refractivity contribution < 1.29 is 27.8 Å². The van der Waals surface area contributed by atoms with Gasteiger partial charge in [0.25, 0.3) is 0 Å². The number of likely N-dealkylation sites (tertiary alicyclic amines) is 1. The van der Waals surface area contributed by atoms with Gasteiger partial charge in [0.15, 0.2) is 0 Å². The molecule has 202 valence electrons. The van der Waals surface area contributed by atoms with E-state index in [0.717, 1.165) is 29.0 Å². The van der Waals surface area contributed by atoms with E-state index in [2.05, 4.69) is 9.62 Å². The third-order valence-electron chi connectivity index (χ3n) is 6.90. The molecule has 1 aliphatic rings. The topological polar surface area (TPSA) is 105 Å². The van der Waals surface area contributed by atoms with Gasteiger partial charge in [-0.3, -0.25) is 4.79 Å². The maximum absolute atomic E-state index is 13.1. The molecule has 2 N–H and O–H groups in total. The van der Waals surface area contributed by atoms with Crippen molar-refractivity contribution >= 4 is 16.0 Å². The van der Waals surface area contributed by atoms with Gasteiger partial charge in [-0.25, -0.2) is 8.42 Å². The Morgan fingerprint density at radius 2 is 1.58 bits per heavy atom. The van der Waals surface area contributed by atoms with Crippen LogP contribution in [-0.4, -0.2) is 63.8 Å². The summed E-state index contributed by atoms with van der Waals surface area (Å²) in [6.07, 6.45) is 1.18. The second-order valence-electron chi connectivity index (χ2n) is 9.41. The van der Waals surface area contributed by atoms with Crippen molar-refractivity contribution in [2.75, 3.05) is 33.4 Å². The minimum Gasteiger partial charge on any atom is -0.497 e. The quantitative estimate of drug-likeness (QED) is 0.336. The predicted octanol–water partition coefficient (Wildman–Crippen LogP) is 4.02. The van der Waals surface area contributed by atoms with E-state index >= 15 is 0 Å². The molecule has 9 heteroatoms. The lowest BCUT2D eigenvalue weighted by molar-refractivity contribution is -0.140. The van der Waals surface area contributed by atoms with Crippen LogP contribution in [0.2, 0.25) is 0 Å².